The minimum absolute atomic E-state index is 0. The molecular formula is C15H25ClN2O. The molecule has 0 spiro atoms. The standard InChI is InChI=1S/C15H24N2O.ClH/c1-3-11-17(15(18)10-9-13(2)16)12-14-7-5-4-6-8-14;/h4-8,13H,3,9-12,16H2,1-2H3;1H. The lowest BCUT2D eigenvalue weighted by atomic mass is 10.1. The van der Waals surface area contributed by atoms with Crippen molar-refractivity contribution in [2.24, 2.45) is 5.73 Å². The van der Waals surface area contributed by atoms with Gasteiger partial charge in [-0.25, -0.2) is 0 Å². The van der Waals surface area contributed by atoms with E-state index < -0.39 is 0 Å². The summed E-state index contributed by atoms with van der Waals surface area (Å²) in [6, 6.07) is 10.2. The predicted molar refractivity (Wildman–Crippen MR) is 82.3 cm³/mol. The van der Waals surface area contributed by atoms with Crippen LogP contribution in [0.25, 0.3) is 0 Å². The second-order valence-electron chi connectivity index (χ2n) is 4.82. The summed E-state index contributed by atoms with van der Waals surface area (Å²) in [5, 5.41) is 0. The topological polar surface area (TPSA) is 46.3 Å². The molecule has 3 nitrogen and oxygen atoms in total. The average molecular weight is 285 g/mol. The molecule has 0 fully saturated rings. The van der Waals surface area contributed by atoms with Gasteiger partial charge in [0.15, 0.2) is 0 Å². The fourth-order valence-corrected chi connectivity index (χ4v) is 1.87. The highest BCUT2D eigenvalue weighted by Crippen LogP contribution is 2.08. The lowest BCUT2D eigenvalue weighted by Gasteiger charge is -2.22. The van der Waals surface area contributed by atoms with Crippen LogP contribution in [0.4, 0.5) is 0 Å². The van der Waals surface area contributed by atoms with Gasteiger partial charge in [-0.05, 0) is 25.3 Å². The zero-order valence-electron chi connectivity index (χ0n) is 11.8. The van der Waals surface area contributed by atoms with E-state index in [9.17, 15) is 4.79 Å². The van der Waals surface area contributed by atoms with E-state index in [2.05, 4.69) is 19.1 Å². The zero-order chi connectivity index (χ0) is 13.4. The summed E-state index contributed by atoms with van der Waals surface area (Å²) in [5.74, 6) is 0.206. The quantitative estimate of drug-likeness (QED) is 0.837. The number of hydrogen-bond acceptors (Lipinski definition) is 2. The molecule has 19 heavy (non-hydrogen) atoms. The number of hydrogen-bond donors (Lipinski definition) is 1. The summed E-state index contributed by atoms with van der Waals surface area (Å²) >= 11 is 0. The summed E-state index contributed by atoms with van der Waals surface area (Å²) in [6.07, 6.45) is 2.29. The first kappa shape index (κ1) is 17.9. The Morgan fingerprint density at radius 2 is 1.95 bits per heavy atom. The molecule has 1 atom stereocenters. The van der Waals surface area contributed by atoms with E-state index in [1.165, 1.54) is 5.56 Å². The molecule has 4 heteroatoms. The number of rotatable bonds is 7. The minimum Gasteiger partial charge on any atom is -0.338 e. The number of amides is 1. The third kappa shape index (κ3) is 7.19. The monoisotopic (exact) mass is 284 g/mol. The first-order valence-corrected chi connectivity index (χ1v) is 6.70. The van der Waals surface area contributed by atoms with Crippen LogP contribution in [0.2, 0.25) is 0 Å². The third-order valence-corrected chi connectivity index (χ3v) is 2.88. The summed E-state index contributed by atoms with van der Waals surface area (Å²) < 4.78 is 0. The molecular weight excluding hydrogens is 260 g/mol. The van der Waals surface area contributed by atoms with E-state index in [1.807, 2.05) is 30.0 Å². The zero-order valence-corrected chi connectivity index (χ0v) is 12.7. The second-order valence-corrected chi connectivity index (χ2v) is 4.82. The highest BCUT2D eigenvalue weighted by molar-refractivity contribution is 5.85. The molecule has 1 aromatic rings. The minimum atomic E-state index is 0. The Kier molecular flexibility index (Phi) is 9.27. The molecule has 1 amide bonds. The van der Waals surface area contributed by atoms with Gasteiger partial charge in [0.25, 0.3) is 0 Å². The van der Waals surface area contributed by atoms with Crippen LogP contribution in [0.15, 0.2) is 30.3 Å². The van der Waals surface area contributed by atoms with E-state index in [4.69, 9.17) is 5.73 Å². The molecule has 0 aliphatic carbocycles. The van der Waals surface area contributed by atoms with Gasteiger partial charge in [0.05, 0.1) is 0 Å². The fraction of sp³-hybridized carbons (Fsp3) is 0.533. The maximum absolute atomic E-state index is 12.1. The van der Waals surface area contributed by atoms with Gasteiger partial charge >= 0.3 is 0 Å². The Balaban J connectivity index is 0.00000324. The molecule has 1 aromatic carbocycles. The molecule has 0 bridgehead atoms. The highest BCUT2D eigenvalue weighted by Gasteiger charge is 2.13. The first-order valence-electron chi connectivity index (χ1n) is 6.70. The van der Waals surface area contributed by atoms with Crippen molar-refractivity contribution in [2.75, 3.05) is 6.54 Å². The van der Waals surface area contributed by atoms with Gasteiger partial charge in [0, 0.05) is 25.6 Å². The van der Waals surface area contributed by atoms with Crippen molar-refractivity contribution >= 4 is 18.3 Å². The Labute approximate surface area is 122 Å². The van der Waals surface area contributed by atoms with Gasteiger partial charge in [-0.2, -0.15) is 0 Å². The van der Waals surface area contributed by atoms with Gasteiger partial charge in [0.2, 0.25) is 5.91 Å². The maximum atomic E-state index is 12.1. The molecule has 0 saturated carbocycles. The molecule has 2 N–H and O–H groups in total. The molecule has 0 aromatic heterocycles. The van der Waals surface area contributed by atoms with E-state index in [0.717, 1.165) is 19.4 Å². The highest BCUT2D eigenvalue weighted by atomic mass is 35.5. The molecule has 0 heterocycles. The van der Waals surface area contributed by atoms with Gasteiger partial charge in [-0.15, -0.1) is 12.4 Å². The number of carbonyl (C=O) groups excluding carboxylic acids is 1. The normalized spacial score (nSPS) is 11.5. The Morgan fingerprint density at radius 1 is 1.32 bits per heavy atom. The Morgan fingerprint density at radius 3 is 2.47 bits per heavy atom. The van der Waals surface area contributed by atoms with Crippen LogP contribution in [0.1, 0.15) is 38.7 Å². The van der Waals surface area contributed by atoms with Crippen molar-refractivity contribution in [3.8, 4) is 0 Å². The average Bonchev–Trinajstić information content (AvgIpc) is 2.36. The number of nitrogens with two attached hydrogens (primary N) is 1. The first-order chi connectivity index (χ1) is 8.63. The van der Waals surface area contributed by atoms with E-state index in [-0.39, 0.29) is 24.4 Å². The molecule has 1 unspecified atom stereocenters. The third-order valence-electron chi connectivity index (χ3n) is 2.88. The molecule has 1 rings (SSSR count). The second kappa shape index (κ2) is 9.82. The van der Waals surface area contributed by atoms with E-state index in [0.29, 0.717) is 13.0 Å². The molecule has 0 radical (unpaired) electrons. The van der Waals surface area contributed by atoms with E-state index in [1.54, 1.807) is 0 Å². The van der Waals surface area contributed by atoms with Crippen molar-refractivity contribution < 1.29 is 4.79 Å². The molecule has 108 valence electrons. The van der Waals surface area contributed by atoms with Crippen LogP contribution in [-0.4, -0.2) is 23.4 Å². The summed E-state index contributed by atoms with van der Waals surface area (Å²) in [4.78, 5) is 14.0. The molecule has 0 aliphatic heterocycles. The van der Waals surface area contributed by atoms with Crippen LogP contribution in [0.3, 0.4) is 0 Å². The van der Waals surface area contributed by atoms with Crippen molar-refractivity contribution in [1.29, 1.82) is 0 Å². The van der Waals surface area contributed by atoms with Gasteiger partial charge in [-0.1, -0.05) is 37.3 Å². The summed E-state index contributed by atoms with van der Waals surface area (Å²) in [7, 11) is 0. The lowest BCUT2D eigenvalue weighted by Crippen LogP contribution is -2.32. The summed E-state index contributed by atoms with van der Waals surface area (Å²) in [6.45, 7) is 5.55. The van der Waals surface area contributed by atoms with Crippen LogP contribution < -0.4 is 5.73 Å². The van der Waals surface area contributed by atoms with Gasteiger partial charge in [-0.3, -0.25) is 4.79 Å². The Bertz CT molecular complexity index is 354. The largest absolute Gasteiger partial charge is 0.338 e. The van der Waals surface area contributed by atoms with Crippen LogP contribution >= 0.6 is 12.4 Å². The Hall–Kier alpha value is -1.06. The lowest BCUT2D eigenvalue weighted by molar-refractivity contribution is -0.132. The SMILES string of the molecule is CCCN(Cc1ccccc1)C(=O)CCC(C)N.Cl. The maximum Gasteiger partial charge on any atom is 0.222 e. The van der Waals surface area contributed by atoms with Crippen LogP contribution in [-0.2, 0) is 11.3 Å². The van der Waals surface area contributed by atoms with Crippen LogP contribution in [0.5, 0.6) is 0 Å². The van der Waals surface area contributed by atoms with Crippen molar-refractivity contribution in [3.05, 3.63) is 35.9 Å². The molecule has 0 aliphatic rings. The van der Waals surface area contributed by atoms with E-state index >= 15 is 0 Å². The smallest absolute Gasteiger partial charge is 0.222 e. The number of nitrogens with zero attached hydrogens (tertiary/aromatic N) is 1. The summed E-state index contributed by atoms with van der Waals surface area (Å²) in [5.41, 5.74) is 6.88. The number of benzene rings is 1. The van der Waals surface area contributed by atoms with Crippen molar-refractivity contribution in [3.63, 3.8) is 0 Å². The number of halogens is 1. The predicted octanol–water partition coefficient (Wildman–Crippen LogP) is 2.97. The van der Waals surface area contributed by atoms with Gasteiger partial charge < -0.3 is 10.6 Å². The van der Waals surface area contributed by atoms with Crippen molar-refractivity contribution in [2.45, 2.75) is 45.7 Å². The number of carbonyl (C=O) groups is 1. The van der Waals surface area contributed by atoms with Crippen molar-refractivity contribution in [1.82, 2.24) is 4.90 Å². The molecule has 0 saturated heterocycles. The van der Waals surface area contributed by atoms with Crippen LogP contribution in [0, 0.1) is 0 Å². The fourth-order valence-electron chi connectivity index (χ4n) is 1.87. The van der Waals surface area contributed by atoms with Gasteiger partial charge in [0.1, 0.15) is 0 Å².